The van der Waals surface area contributed by atoms with Crippen molar-refractivity contribution < 1.29 is 27.5 Å². The highest BCUT2D eigenvalue weighted by Crippen LogP contribution is 2.30. The van der Waals surface area contributed by atoms with Crippen LogP contribution in [0.1, 0.15) is 26.4 Å². The van der Waals surface area contributed by atoms with Crippen LogP contribution in [-0.2, 0) is 28.8 Å². The number of benzene rings is 2. The Balaban J connectivity index is 1.55. The molecule has 0 N–H and O–H groups in total. The largest absolute Gasteiger partial charge is 0.416 e. The van der Waals surface area contributed by atoms with Gasteiger partial charge in [-0.25, -0.2) is 0 Å². The van der Waals surface area contributed by atoms with E-state index in [1.54, 1.807) is 4.90 Å². The van der Waals surface area contributed by atoms with E-state index in [4.69, 9.17) is 4.74 Å². The van der Waals surface area contributed by atoms with Gasteiger partial charge in [0.25, 0.3) is 5.91 Å². The van der Waals surface area contributed by atoms with Crippen molar-refractivity contribution in [3.8, 4) is 0 Å². The van der Waals surface area contributed by atoms with E-state index in [1.165, 1.54) is 28.4 Å². The van der Waals surface area contributed by atoms with Crippen LogP contribution in [0.5, 0.6) is 0 Å². The van der Waals surface area contributed by atoms with Crippen molar-refractivity contribution in [2.24, 2.45) is 0 Å². The van der Waals surface area contributed by atoms with Crippen LogP contribution in [0.15, 0.2) is 72.1 Å². The molecule has 2 heterocycles. The van der Waals surface area contributed by atoms with Crippen molar-refractivity contribution in [1.29, 1.82) is 0 Å². The summed E-state index contributed by atoms with van der Waals surface area (Å²) in [4.78, 5) is 33.3. The van der Waals surface area contributed by atoms with Crippen LogP contribution in [0.4, 0.5) is 13.2 Å². The van der Waals surface area contributed by atoms with Gasteiger partial charge in [0.1, 0.15) is 6.54 Å². The van der Waals surface area contributed by atoms with Gasteiger partial charge in [0.2, 0.25) is 5.91 Å². The second-order valence-corrected chi connectivity index (χ2v) is 10.1. The third-order valence-corrected chi connectivity index (χ3v) is 7.20. The van der Waals surface area contributed by atoms with Gasteiger partial charge in [-0.2, -0.15) is 13.2 Å². The van der Waals surface area contributed by atoms with Gasteiger partial charge in [0.05, 0.1) is 25.3 Å². The van der Waals surface area contributed by atoms with Crippen LogP contribution in [0.2, 0.25) is 0 Å². The molecule has 2 amide bonds. The number of alkyl halides is 3. The number of carbonyl (C=O) groups excluding carboxylic acids is 2. The van der Waals surface area contributed by atoms with Gasteiger partial charge in [-0.3, -0.25) is 14.5 Å². The summed E-state index contributed by atoms with van der Waals surface area (Å²) in [5.41, 5.74) is -0.0462. The Labute approximate surface area is 224 Å². The van der Waals surface area contributed by atoms with Crippen LogP contribution in [0.3, 0.4) is 0 Å². The summed E-state index contributed by atoms with van der Waals surface area (Å²) in [6.45, 7) is 3.73. The van der Waals surface area contributed by atoms with Gasteiger partial charge < -0.3 is 14.5 Å². The molecule has 0 spiro atoms. The molecule has 0 unspecified atom stereocenters. The first kappa shape index (κ1) is 27.8. The lowest BCUT2D eigenvalue weighted by Crippen LogP contribution is -2.47. The van der Waals surface area contributed by atoms with Crippen LogP contribution >= 0.6 is 11.3 Å². The minimum atomic E-state index is -4.57. The van der Waals surface area contributed by atoms with E-state index in [9.17, 15) is 22.8 Å². The van der Waals surface area contributed by atoms with E-state index < -0.39 is 17.6 Å². The molecule has 0 aliphatic carbocycles. The predicted molar refractivity (Wildman–Crippen MR) is 140 cm³/mol. The molecule has 0 atom stereocenters. The van der Waals surface area contributed by atoms with Crippen molar-refractivity contribution >= 4 is 23.2 Å². The zero-order valence-electron chi connectivity index (χ0n) is 20.9. The van der Waals surface area contributed by atoms with E-state index in [2.05, 4.69) is 4.90 Å². The van der Waals surface area contributed by atoms with Gasteiger partial charge in [-0.05, 0) is 35.2 Å². The lowest BCUT2D eigenvalue weighted by atomic mass is 10.1. The summed E-state index contributed by atoms with van der Waals surface area (Å²) in [6, 6.07) is 17.8. The smallest absolute Gasteiger partial charge is 0.379 e. The van der Waals surface area contributed by atoms with Gasteiger partial charge >= 0.3 is 6.18 Å². The number of rotatable bonds is 10. The Hall–Kier alpha value is -3.21. The summed E-state index contributed by atoms with van der Waals surface area (Å²) in [6.07, 6.45) is -4.57. The van der Waals surface area contributed by atoms with Gasteiger partial charge in [0.15, 0.2) is 0 Å². The summed E-state index contributed by atoms with van der Waals surface area (Å²) >= 11 is 1.53. The molecule has 38 heavy (non-hydrogen) atoms. The number of morpholine rings is 1. The molecule has 0 radical (unpaired) electrons. The average molecular weight is 546 g/mol. The fourth-order valence-electron chi connectivity index (χ4n) is 4.24. The highest BCUT2D eigenvalue weighted by Gasteiger charge is 2.32. The van der Waals surface area contributed by atoms with E-state index in [-0.39, 0.29) is 24.6 Å². The Morgan fingerprint density at radius 3 is 2.37 bits per heavy atom. The number of nitrogens with zero attached hydrogens (tertiary/aromatic N) is 3. The van der Waals surface area contributed by atoms with Gasteiger partial charge in [-0.1, -0.05) is 42.5 Å². The lowest BCUT2D eigenvalue weighted by molar-refractivity contribution is -0.137. The Morgan fingerprint density at radius 2 is 1.68 bits per heavy atom. The molecule has 0 bridgehead atoms. The Bertz CT molecular complexity index is 1180. The highest BCUT2D eigenvalue weighted by molar-refractivity contribution is 7.09. The lowest BCUT2D eigenvalue weighted by Gasteiger charge is -2.31. The standard InChI is InChI=1S/C28H30F3N3O3S/c29-28(30,31)24-9-4-8-23(18-24)27(36)33(12-11-32-13-15-37-16-14-32)21-26(35)34(20-25-10-5-17-38-25)19-22-6-2-1-3-7-22/h1-10,17-18H,11-16,19-21H2. The number of thiophene rings is 1. The summed E-state index contributed by atoms with van der Waals surface area (Å²) in [5, 5.41) is 1.94. The zero-order valence-corrected chi connectivity index (χ0v) is 21.7. The van der Waals surface area contributed by atoms with Crippen molar-refractivity contribution in [1.82, 2.24) is 14.7 Å². The maximum absolute atomic E-state index is 13.6. The maximum atomic E-state index is 13.6. The normalized spacial score (nSPS) is 14.3. The van der Waals surface area contributed by atoms with Crippen molar-refractivity contribution in [2.45, 2.75) is 19.3 Å². The molecule has 1 aliphatic heterocycles. The van der Waals surface area contributed by atoms with E-state index >= 15 is 0 Å². The van der Waals surface area contributed by atoms with Crippen LogP contribution in [0, 0.1) is 0 Å². The molecule has 10 heteroatoms. The summed E-state index contributed by atoms with van der Waals surface area (Å²) in [7, 11) is 0. The van der Waals surface area contributed by atoms with Crippen molar-refractivity contribution in [2.75, 3.05) is 45.9 Å². The monoisotopic (exact) mass is 545 g/mol. The van der Waals surface area contributed by atoms with Gasteiger partial charge in [0, 0.05) is 43.2 Å². The molecule has 0 saturated carbocycles. The molecule has 6 nitrogen and oxygen atoms in total. The number of amides is 2. The van der Waals surface area contributed by atoms with Crippen LogP contribution in [0.25, 0.3) is 0 Å². The molecule has 1 aliphatic rings. The third kappa shape index (κ3) is 7.89. The number of ether oxygens (including phenoxy) is 1. The first-order chi connectivity index (χ1) is 18.3. The fourth-order valence-corrected chi connectivity index (χ4v) is 4.96. The minimum absolute atomic E-state index is 0.0949. The fraction of sp³-hybridized carbons (Fsp3) is 0.357. The SMILES string of the molecule is O=C(CN(CCN1CCOCC1)C(=O)c1cccc(C(F)(F)F)c1)N(Cc1ccccc1)Cc1cccs1. The van der Waals surface area contributed by atoms with Gasteiger partial charge in [-0.15, -0.1) is 11.3 Å². The first-order valence-electron chi connectivity index (χ1n) is 12.4. The number of carbonyl (C=O) groups is 2. The molecule has 1 aromatic heterocycles. The average Bonchev–Trinajstić information content (AvgIpc) is 3.44. The molecule has 2 aromatic carbocycles. The molecule has 4 rings (SSSR count). The topological polar surface area (TPSA) is 53.1 Å². The van der Waals surface area contributed by atoms with Crippen molar-refractivity contribution in [3.63, 3.8) is 0 Å². The number of halogens is 3. The highest BCUT2D eigenvalue weighted by atomic mass is 32.1. The molecule has 3 aromatic rings. The second-order valence-electron chi connectivity index (χ2n) is 9.07. The summed E-state index contributed by atoms with van der Waals surface area (Å²) < 4.78 is 45.4. The Morgan fingerprint density at radius 1 is 0.921 bits per heavy atom. The zero-order chi connectivity index (χ0) is 27.0. The number of hydrogen-bond donors (Lipinski definition) is 0. The van der Waals surface area contributed by atoms with E-state index in [1.807, 2.05) is 47.8 Å². The maximum Gasteiger partial charge on any atom is 0.416 e. The molecular weight excluding hydrogens is 515 g/mol. The predicted octanol–water partition coefficient (Wildman–Crippen LogP) is 4.77. The Kier molecular flexibility index (Phi) is 9.54. The summed E-state index contributed by atoms with van der Waals surface area (Å²) in [5.74, 6) is -0.877. The second kappa shape index (κ2) is 13.0. The molecular formula is C28H30F3N3O3S. The van der Waals surface area contributed by atoms with E-state index in [0.717, 1.165) is 22.6 Å². The van der Waals surface area contributed by atoms with Crippen molar-refractivity contribution in [3.05, 3.63) is 93.7 Å². The van der Waals surface area contributed by atoms with E-state index in [0.29, 0.717) is 45.9 Å². The molecule has 202 valence electrons. The molecule has 1 fully saturated rings. The van der Waals surface area contributed by atoms with Crippen LogP contribution < -0.4 is 0 Å². The first-order valence-corrected chi connectivity index (χ1v) is 13.3. The number of hydrogen-bond acceptors (Lipinski definition) is 5. The third-order valence-electron chi connectivity index (χ3n) is 6.34. The van der Waals surface area contributed by atoms with Crippen LogP contribution in [-0.4, -0.2) is 72.5 Å². The quantitative estimate of drug-likeness (QED) is 0.368. The molecule has 1 saturated heterocycles. The minimum Gasteiger partial charge on any atom is -0.379 e.